The number of aliphatic hydroxyl groups excluding tert-OH is 2. The van der Waals surface area contributed by atoms with Gasteiger partial charge in [0.2, 0.25) is 5.91 Å². The van der Waals surface area contributed by atoms with Crippen LogP contribution >= 0.6 is 0 Å². The number of imide groups is 1. The Morgan fingerprint density at radius 2 is 1.78 bits per heavy atom. The van der Waals surface area contributed by atoms with Gasteiger partial charge in [0.1, 0.15) is 0 Å². The second-order valence-corrected chi connectivity index (χ2v) is 4.34. The highest BCUT2D eigenvalue weighted by molar-refractivity contribution is 6.13. The minimum absolute atomic E-state index is 0.0244. The molecule has 3 amide bonds. The molecule has 0 spiro atoms. The van der Waals surface area contributed by atoms with Crippen LogP contribution < -0.4 is 5.32 Å². The third kappa shape index (κ3) is 3.38. The lowest BCUT2D eigenvalue weighted by Gasteiger charge is -2.26. The summed E-state index contributed by atoms with van der Waals surface area (Å²) in [6, 6.07) is 0. The average molecular weight is 256 g/mol. The van der Waals surface area contributed by atoms with E-state index in [1.807, 2.05) is 0 Å². The summed E-state index contributed by atoms with van der Waals surface area (Å²) in [5.41, 5.74) is -1.10. The molecule has 0 aromatic heterocycles. The number of aliphatic hydroxyl groups is 2. The van der Waals surface area contributed by atoms with E-state index in [1.54, 1.807) is 0 Å². The Balaban J connectivity index is 2.43. The second-order valence-electron chi connectivity index (χ2n) is 4.34. The van der Waals surface area contributed by atoms with Crippen LogP contribution in [-0.4, -0.2) is 58.1 Å². The van der Waals surface area contributed by atoms with Crippen molar-refractivity contribution in [3.63, 3.8) is 0 Å². The molecule has 1 aliphatic rings. The lowest BCUT2D eigenvalue weighted by atomic mass is 10.1. The predicted octanol–water partition coefficient (Wildman–Crippen LogP) is -1.84. The van der Waals surface area contributed by atoms with Gasteiger partial charge in [0, 0.05) is 25.1 Å². The first kappa shape index (κ1) is 14.3. The number of hydrogen-bond acceptors (Lipinski definition) is 5. The van der Waals surface area contributed by atoms with Gasteiger partial charge < -0.3 is 15.5 Å². The third-order valence-corrected chi connectivity index (χ3v) is 2.60. The van der Waals surface area contributed by atoms with Crippen LogP contribution in [0, 0.1) is 0 Å². The zero-order chi connectivity index (χ0) is 13.8. The quantitative estimate of drug-likeness (QED) is 0.484. The molecular formula is C11H16N2O5. The summed E-state index contributed by atoms with van der Waals surface area (Å²) in [5.74, 6) is -1.34. The molecule has 0 unspecified atom stereocenters. The molecule has 0 saturated carbocycles. The molecule has 7 nitrogen and oxygen atoms in total. The monoisotopic (exact) mass is 256 g/mol. The topological polar surface area (TPSA) is 107 Å². The van der Waals surface area contributed by atoms with E-state index in [0.717, 1.165) is 17.1 Å². The maximum Gasteiger partial charge on any atom is 0.253 e. The standard InChI is InChI=1S/C11H16N2O5/c1-11(6-14,7-15)12-8(16)4-5-13-9(17)2-3-10(13)18/h2-3,14-15H,4-7H2,1H3,(H,12,16). The molecule has 1 heterocycles. The van der Waals surface area contributed by atoms with Gasteiger partial charge in [0.15, 0.2) is 0 Å². The van der Waals surface area contributed by atoms with Crippen LogP contribution in [0.3, 0.4) is 0 Å². The second kappa shape index (κ2) is 5.74. The van der Waals surface area contributed by atoms with Crippen LogP contribution in [0.5, 0.6) is 0 Å². The Bertz CT molecular complexity index is 369. The number of carbonyl (C=O) groups excluding carboxylic acids is 3. The molecule has 0 aromatic rings. The lowest BCUT2D eigenvalue weighted by molar-refractivity contribution is -0.137. The summed E-state index contributed by atoms with van der Waals surface area (Å²) in [6.07, 6.45) is 2.21. The number of nitrogens with zero attached hydrogens (tertiary/aromatic N) is 1. The van der Waals surface area contributed by atoms with Gasteiger partial charge in [-0.15, -0.1) is 0 Å². The van der Waals surface area contributed by atoms with E-state index < -0.39 is 36.5 Å². The van der Waals surface area contributed by atoms with Crippen molar-refractivity contribution < 1.29 is 24.6 Å². The first-order valence-electron chi connectivity index (χ1n) is 5.48. The first-order valence-corrected chi connectivity index (χ1v) is 5.48. The largest absolute Gasteiger partial charge is 0.394 e. The Morgan fingerprint density at radius 1 is 1.28 bits per heavy atom. The van der Waals surface area contributed by atoms with Crippen LogP contribution in [0.1, 0.15) is 13.3 Å². The molecule has 1 rings (SSSR count). The van der Waals surface area contributed by atoms with Gasteiger partial charge >= 0.3 is 0 Å². The van der Waals surface area contributed by atoms with Crippen molar-refractivity contribution in [1.29, 1.82) is 0 Å². The average Bonchev–Trinajstić information content (AvgIpc) is 2.66. The molecule has 0 fully saturated rings. The smallest absolute Gasteiger partial charge is 0.253 e. The zero-order valence-electron chi connectivity index (χ0n) is 10.0. The molecule has 0 bridgehead atoms. The van der Waals surface area contributed by atoms with Crippen molar-refractivity contribution in [2.75, 3.05) is 19.8 Å². The van der Waals surface area contributed by atoms with Crippen LogP contribution in [0.25, 0.3) is 0 Å². The highest BCUT2D eigenvalue weighted by atomic mass is 16.3. The Hall–Kier alpha value is -1.73. The van der Waals surface area contributed by atoms with Gasteiger partial charge in [-0.3, -0.25) is 19.3 Å². The SMILES string of the molecule is CC(CO)(CO)NC(=O)CCN1C(=O)C=CC1=O. The minimum atomic E-state index is -1.10. The molecule has 3 N–H and O–H groups in total. The molecular weight excluding hydrogens is 240 g/mol. The van der Waals surface area contributed by atoms with Crippen molar-refractivity contribution in [3.05, 3.63) is 12.2 Å². The van der Waals surface area contributed by atoms with Crippen LogP contribution in [0.2, 0.25) is 0 Å². The third-order valence-electron chi connectivity index (χ3n) is 2.60. The van der Waals surface area contributed by atoms with E-state index in [9.17, 15) is 14.4 Å². The van der Waals surface area contributed by atoms with Gasteiger partial charge in [0.25, 0.3) is 11.8 Å². The molecule has 18 heavy (non-hydrogen) atoms. The molecule has 100 valence electrons. The molecule has 0 aliphatic carbocycles. The summed E-state index contributed by atoms with van der Waals surface area (Å²) < 4.78 is 0. The lowest BCUT2D eigenvalue weighted by Crippen LogP contribution is -2.52. The molecule has 7 heteroatoms. The number of carbonyl (C=O) groups is 3. The number of rotatable bonds is 6. The Kier molecular flexibility index (Phi) is 4.57. The van der Waals surface area contributed by atoms with Gasteiger partial charge in [-0.05, 0) is 6.92 Å². The van der Waals surface area contributed by atoms with Crippen molar-refractivity contribution in [2.24, 2.45) is 0 Å². The molecule has 1 aliphatic heterocycles. The number of amides is 3. The van der Waals surface area contributed by atoms with E-state index in [2.05, 4.69) is 5.32 Å². The van der Waals surface area contributed by atoms with E-state index >= 15 is 0 Å². The van der Waals surface area contributed by atoms with Crippen molar-refractivity contribution in [1.82, 2.24) is 10.2 Å². The van der Waals surface area contributed by atoms with Crippen LogP contribution in [0.15, 0.2) is 12.2 Å². The van der Waals surface area contributed by atoms with Gasteiger partial charge in [-0.25, -0.2) is 0 Å². The summed E-state index contributed by atoms with van der Waals surface area (Å²) in [4.78, 5) is 34.9. The van der Waals surface area contributed by atoms with E-state index in [-0.39, 0.29) is 13.0 Å². The zero-order valence-corrected chi connectivity index (χ0v) is 10.0. The predicted molar refractivity (Wildman–Crippen MR) is 61.2 cm³/mol. The van der Waals surface area contributed by atoms with E-state index in [4.69, 9.17) is 10.2 Å². The fraction of sp³-hybridized carbons (Fsp3) is 0.545. The molecule has 0 radical (unpaired) electrons. The normalized spacial score (nSPS) is 15.4. The summed E-state index contributed by atoms with van der Waals surface area (Å²) in [6.45, 7) is 0.652. The maximum absolute atomic E-state index is 11.5. The van der Waals surface area contributed by atoms with Crippen molar-refractivity contribution in [3.8, 4) is 0 Å². The molecule has 0 saturated heterocycles. The Labute approximate surface area is 104 Å². The van der Waals surface area contributed by atoms with E-state index in [1.165, 1.54) is 6.92 Å². The molecule has 0 aromatic carbocycles. The number of hydrogen-bond donors (Lipinski definition) is 3. The Morgan fingerprint density at radius 3 is 2.22 bits per heavy atom. The van der Waals surface area contributed by atoms with Gasteiger partial charge in [-0.1, -0.05) is 0 Å². The summed E-state index contributed by atoms with van der Waals surface area (Å²) in [7, 11) is 0. The fourth-order valence-electron chi connectivity index (χ4n) is 1.39. The van der Waals surface area contributed by atoms with Crippen molar-refractivity contribution in [2.45, 2.75) is 18.9 Å². The van der Waals surface area contributed by atoms with E-state index in [0.29, 0.717) is 0 Å². The highest BCUT2D eigenvalue weighted by Crippen LogP contribution is 2.05. The first-order chi connectivity index (χ1) is 8.41. The maximum atomic E-state index is 11.5. The minimum Gasteiger partial charge on any atom is -0.394 e. The fourth-order valence-corrected chi connectivity index (χ4v) is 1.39. The van der Waals surface area contributed by atoms with Gasteiger partial charge in [-0.2, -0.15) is 0 Å². The van der Waals surface area contributed by atoms with Crippen molar-refractivity contribution >= 4 is 17.7 Å². The molecule has 0 atom stereocenters. The number of nitrogens with one attached hydrogen (secondary N) is 1. The summed E-state index contributed by atoms with van der Waals surface area (Å²) in [5, 5.41) is 20.4. The van der Waals surface area contributed by atoms with Gasteiger partial charge in [0.05, 0.1) is 18.8 Å². The van der Waals surface area contributed by atoms with Crippen LogP contribution in [-0.2, 0) is 14.4 Å². The summed E-state index contributed by atoms with van der Waals surface area (Å²) >= 11 is 0. The van der Waals surface area contributed by atoms with Crippen LogP contribution in [0.4, 0.5) is 0 Å². The highest BCUT2D eigenvalue weighted by Gasteiger charge is 2.27.